The second-order valence-corrected chi connectivity index (χ2v) is 10.6. The van der Waals surface area contributed by atoms with E-state index < -0.39 is 0 Å². The molecule has 0 radical (unpaired) electrons. The van der Waals surface area contributed by atoms with Crippen molar-refractivity contribution < 1.29 is 4.79 Å². The van der Waals surface area contributed by atoms with Gasteiger partial charge in [-0.25, -0.2) is 4.98 Å². The molecule has 1 amide bonds. The van der Waals surface area contributed by atoms with E-state index in [9.17, 15) is 4.79 Å². The minimum absolute atomic E-state index is 0.127. The summed E-state index contributed by atoms with van der Waals surface area (Å²) < 4.78 is 2.00. The average molecular weight is 496 g/mol. The van der Waals surface area contributed by atoms with Crippen molar-refractivity contribution in [2.75, 3.05) is 11.1 Å². The Morgan fingerprint density at radius 1 is 1.15 bits per heavy atom. The van der Waals surface area contributed by atoms with Gasteiger partial charge in [-0.3, -0.25) is 9.36 Å². The quantitative estimate of drug-likeness (QED) is 0.230. The lowest BCUT2D eigenvalue weighted by molar-refractivity contribution is -0.113. The fourth-order valence-electron chi connectivity index (χ4n) is 3.27. The van der Waals surface area contributed by atoms with E-state index in [-0.39, 0.29) is 11.7 Å². The highest BCUT2D eigenvalue weighted by Gasteiger charge is 2.18. The standard InChI is InChI=1S/C24H25N5OS3/c1-6-9-29-22(19-11-31-17(5)16(19)4)27-28-24(29)33-13-21(30)26-23-25-20(12-32-23)18-8-7-14(2)15(3)10-18/h6-8,10-12H,1,9,13H2,2-5H3,(H,25,26,30). The second kappa shape index (κ2) is 10.0. The fourth-order valence-corrected chi connectivity index (χ4v) is 5.62. The Hall–Kier alpha value is -2.75. The second-order valence-electron chi connectivity index (χ2n) is 7.71. The van der Waals surface area contributed by atoms with Gasteiger partial charge in [-0.15, -0.1) is 39.4 Å². The van der Waals surface area contributed by atoms with E-state index >= 15 is 0 Å². The van der Waals surface area contributed by atoms with Crippen molar-refractivity contribution in [2.24, 2.45) is 0 Å². The minimum atomic E-state index is -0.127. The Labute approximate surface area is 205 Å². The number of allylic oxidation sites excluding steroid dienone is 1. The Balaban J connectivity index is 1.43. The number of benzene rings is 1. The topological polar surface area (TPSA) is 72.7 Å². The number of nitrogens with one attached hydrogen (secondary N) is 1. The highest BCUT2D eigenvalue weighted by atomic mass is 32.2. The maximum Gasteiger partial charge on any atom is 0.236 e. The summed E-state index contributed by atoms with van der Waals surface area (Å²) in [6.07, 6.45) is 1.81. The predicted molar refractivity (Wildman–Crippen MR) is 139 cm³/mol. The molecule has 170 valence electrons. The van der Waals surface area contributed by atoms with Crippen LogP contribution in [0.3, 0.4) is 0 Å². The van der Waals surface area contributed by atoms with Gasteiger partial charge < -0.3 is 5.32 Å². The molecule has 0 saturated heterocycles. The molecule has 0 bridgehead atoms. The first kappa shape index (κ1) is 23.4. The average Bonchev–Trinajstić information content (AvgIpc) is 3.49. The molecule has 0 saturated carbocycles. The largest absolute Gasteiger partial charge is 0.301 e. The number of thiazole rings is 1. The van der Waals surface area contributed by atoms with E-state index in [1.54, 1.807) is 11.3 Å². The number of hydrogen-bond donors (Lipinski definition) is 1. The number of amides is 1. The number of thioether (sulfide) groups is 1. The number of carbonyl (C=O) groups is 1. The lowest BCUT2D eigenvalue weighted by Crippen LogP contribution is -2.14. The van der Waals surface area contributed by atoms with E-state index in [1.165, 1.54) is 44.7 Å². The SMILES string of the molecule is C=CCn1c(SCC(=O)Nc2nc(-c3ccc(C)c(C)c3)cs2)nnc1-c1csc(C)c1C. The molecular weight excluding hydrogens is 470 g/mol. The lowest BCUT2D eigenvalue weighted by atomic mass is 10.1. The summed E-state index contributed by atoms with van der Waals surface area (Å²) in [5.74, 6) is 0.894. The number of aromatic nitrogens is 4. The van der Waals surface area contributed by atoms with Crippen molar-refractivity contribution in [2.45, 2.75) is 39.4 Å². The van der Waals surface area contributed by atoms with Crippen LogP contribution in [0.2, 0.25) is 0 Å². The Kier molecular flexibility index (Phi) is 7.11. The molecule has 0 aliphatic rings. The normalized spacial score (nSPS) is 11.0. The molecule has 9 heteroatoms. The first-order chi connectivity index (χ1) is 15.9. The first-order valence-electron chi connectivity index (χ1n) is 10.4. The van der Waals surface area contributed by atoms with Crippen LogP contribution in [0, 0.1) is 27.7 Å². The Morgan fingerprint density at radius 3 is 2.67 bits per heavy atom. The van der Waals surface area contributed by atoms with Crippen LogP contribution in [0.4, 0.5) is 5.13 Å². The summed E-state index contributed by atoms with van der Waals surface area (Å²) in [6.45, 7) is 12.8. The van der Waals surface area contributed by atoms with Gasteiger partial charge >= 0.3 is 0 Å². The molecule has 0 aliphatic heterocycles. The summed E-state index contributed by atoms with van der Waals surface area (Å²) in [5.41, 5.74) is 6.66. The van der Waals surface area contributed by atoms with E-state index in [1.807, 2.05) is 16.0 Å². The van der Waals surface area contributed by atoms with Crippen LogP contribution < -0.4 is 5.32 Å². The zero-order valence-electron chi connectivity index (χ0n) is 19.0. The number of aryl methyl sites for hydroxylation is 3. The van der Waals surface area contributed by atoms with Gasteiger partial charge in [0.15, 0.2) is 16.1 Å². The summed E-state index contributed by atoms with van der Waals surface area (Å²) in [4.78, 5) is 18.4. The number of carbonyl (C=O) groups excluding carboxylic acids is 1. The van der Waals surface area contributed by atoms with Gasteiger partial charge in [-0.2, -0.15) is 0 Å². The minimum Gasteiger partial charge on any atom is -0.301 e. The van der Waals surface area contributed by atoms with Gasteiger partial charge in [0.2, 0.25) is 5.91 Å². The third-order valence-electron chi connectivity index (χ3n) is 5.44. The van der Waals surface area contributed by atoms with E-state index in [0.29, 0.717) is 16.8 Å². The highest BCUT2D eigenvalue weighted by Crippen LogP contribution is 2.32. The van der Waals surface area contributed by atoms with E-state index in [4.69, 9.17) is 0 Å². The Bertz CT molecular complexity index is 1320. The summed E-state index contributed by atoms with van der Waals surface area (Å²) in [6, 6.07) is 6.26. The first-order valence-corrected chi connectivity index (χ1v) is 13.2. The molecule has 4 rings (SSSR count). The highest BCUT2D eigenvalue weighted by molar-refractivity contribution is 7.99. The fraction of sp³-hybridized carbons (Fsp3) is 0.250. The maximum atomic E-state index is 12.6. The smallest absolute Gasteiger partial charge is 0.236 e. The molecular formula is C24H25N5OS3. The van der Waals surface area contributed by atoms with Gasteiger partial charge in [0.25, 0.3) is 0 Å². The number of rotatable bonds is 8. The molecule has 0 aliphatic carbocycles. The summed E-state index contributed by atoms with van der Waals surface area (Å²) >= 11 is 4.48. The molecule has 4 aromatic rings. The van der Waals surface area contributed by atoms with Crippen molar-refractivity contribution in [3.05, 3.63) is 63.2 Å². The molecule has 0 atom stereocenters. The molecule has 0 fully saturated rings. The third-order valence-corrected chi connectivity index (χ3v) is 8.18. The van der Waals surface area contributed by atoms with Crippen LogP contribution in [-0.2, 0) is 11.3 Å². The predicted octanol–water partition coefficient (Wildman–Crippen LogP) is 6.28. The molecule has 3 heterocycles. The van der Waals surface area contributed by atoms with Crippen molar-refractivity contribution >= 4 is 45.5 Å². The van der Waals surface area contributed by atoms with Crippen LogP contribution in [0.5, 0.6) is 0 Å². The molecule has 1 aromatic carbocycles. The molecule has 1 N–H and O–H groups in total. The van der Waals surface area contributed by atoms with Crippen molar-refractivity contribution in [3.8, 4) is 22.6 Å². The lowest BCUT2D eigenvalue weighted by Gasteiger charge is -2.07. The molecule has 33 heavy (non-hydrogen) atoms. The van der Waals surface area contributed by atoms with Crippen LogP contribution in [0.1, 0.15) is 21.6 Å². The van der Waals surface area contributed by atoms with Crippen molar-refractivity contribution in [1.29, 1.82) is 0 Å². The molecule has 0 spiro atoms. The van der Waals surface area contributed by atoms with E-state index in [0.717, 1.165) is 22.6 Å². The van der Waals surface area contributed by atoms with Crippen LogP contribution in [0.25, 0.3) is 22.6 Å². The third kappa shape index (κ3) is 5.10. The van der Waals surface area contributed by atoms with Gasteiger partial charge in [-0.05, 0) is 50.5 Å². The van der Waals surface area contributed by atoms with Crippen LogP contribution in [-0.4, -0.2) is 31.4 Å². The number of thiophene rings is 1. The summed E-state index contributed by atoms with van der Waals surface area (Å²) in [7, 11) is 0. The zero-order chi connectivity index (χ0) is 23.5. The zero-order valence-corrected chi connectivity index (χ0v) is 21.5. The summed E-state index contributed by atoms with van der Waals surface area (Å²) in [5, 5.41) is 17.0. The number of nitrogens with zero attached hydrogens (tertiary/aromatic N) is 4. The Morgan fingerprint density at radius 2 is 1.97 bits per heavy atom. The van der Waals surface area contributed by atoms with Gasteiger partial charge in [0.05, 0.1) is 11.4 Å². The number of hydrogen-bond acceptors (Lipinski definition) is 7. The van der Waals surface area contributed by atoms with Gasteiger partial charge in [0, 0.05) is 33.3 Å². The molecule has 0 unspecified atom stereocenters. The van der Waals surface area contributed by atoms with Gasteiger partial charge in [-0.1, -0.05) is 30.0 Å². The molecule has 3 aromatic heterocycles. The monoisotopic (exact) mass is 495 g/mol. The van der Waals surface area contributed by atoms with Crippen LogP contribution >= 0.6 is 34.4 Å². The van der Waals surface area contributed by atoms with Crippen molar-refractivity contribution in [1.82, 2.24) is 19.7 Å². The van der Waals surface area contributed by atoms with Crippen LogP contribution in [0.15, 0.2) is 46.8 Å². The molecule has 6 nitrogen and oxygen atoms in total. The maximum absolute atomic E-state index is 12.6. The number of anilines is 1. The van der Waals surface area contributed by atoms with Gasteiger partial charge in [0.1, 0.15) is 0 Å². The van der Waals surface area contributed by atoms with E-state index in [2.05, 4.69) is 78.4 Å². The van der Waals surface area contributed by atoms with Crippen molar-refractivity contribution in [3.63, 3.8) is 0 Å².